The first kappa shape index (κ1) is 13.9. The van der Waals surface area contributed by atoms with E-state index >= 15 is 0 Å². The number of nitriles is 1. The van der Waals surface area contributed by atoms with Crippen LogP contribution in [0, 0.1) is 11.3 Å². The van der Waals surface area contributed by atoms with Crippen molar-refractivity contribution in [3.05, 3.63) is 28.2 Å². The second-order valence-electron chi connectivity index (χ2n) is 5.44. The van der Waals surface area contributed by atoms with Crippen molar-refractivity contribution in [1.82, 2.24) is 10.2 Å². The molecule has 1 aromatic carbocycles. The van der Waals surface area contributed by atoms with Crippen LogP contribution in [0.25, 0.3) is 0 Å². The molecule has 2 saturated heterocycles. The van der Waals surface area contributed by atoms with Gasteiger partial charge in [-0.1, -0.05) is 15.9 Å². The van der Waals surface area contributed by atoms with Gasteiger partial charge in [-0.25, -0.2) is 0 Å². The maximum Gasteiger partial charge on any atom is 0.101 e. The van der Waals surface area contributed by atoms with Crippen molar-refractivity contribution >= 4 is 21.6 Å². The molecule has 0 spiro atoms. The fourth-order valence-corrected chi connectivity index (χ4v) is 3.51. The van der Waals surface area contributed by atoms with Gasteiger partial charge >= 0.3 is 0 Å². The Hall–Kier alpha value is -1.09. The smallest absolute Gasteiger partial charge is 0.101 e. The Balaban J connectivity index is 1.67. The average molecular weight is 335 g/mol. The lowest BCUT2D eigenvalue weighted by Gasteiger charge is -2.39. The van der Waals surface area contributed by atoms with E-state index in [2.05, 4.69) is 43.2 Å². The molecule has 0 amide bonds. The van der Waals surface area contributed by atoms with Crippen molar-refractivity contribution in [3.8, 4) is 6.07 Å². The van der Waals surface area contributed by atoms with E-state index in [0.717, 1.165) is 55.0 Å². The lowest BCUT2D eigenvalue weighted by Crippen LogP contribution is -2.51. The van der Waals surface area contributed by atoms with Gasteiger partial charge in [0, 0.05) is 43.2 Å². The summed E-state index contributed by atoms with van der Waals surface area (Å²) >= 11 is 3.43. The van der Waals surface area contributed by atoms with E-state index in [1.54, 1.807) is 0 Å². The Kier molecular flexibility index (Phi) is 4.25. The summed E-state index contributed by atoms with van der Waals surface area (Å²) in [4.78, 5) is 4.92. The molecule has 5 heteroatoms. The molecular formula is C15H19BrN4. The predicted octanol–water partition coefficient (Wildman–Crippen LogP) is 1.80. The molecule has 2 heterocycles. The van der Waals surface area contributed by atoms with Crippen LogP contribution in [0.15, 0.2) is 22.7 Å². The third kappa shape index (κ3) is 2.83. The van der Waals surface area contributed by atoms with Crippen LogP contribution in [0.5, 0.6) is 0 Å². The van der Waals surface area contributed by atoms with Crippen molar-refractivity contribution in [2.45, 2.75) is 12.5 Å². The van der Waals surface area contributed by atoms with Gasteiger partial charge in [0.25, 0.3) is 0 Å². The predicted molar refractivity (Wildman–Crippen MR) is 83.9 cm³/mol. The van der Waals surface area contributed by atoms with E-state index in [1.165, 1.54) is 6.42 Å². The molecule has 3 rings (SSSR count). The van der Waals surface area contributed by atoms with Crippen LogP contribution >= 0.6 is 15.9 Å². The molecule has 0 saturated carbocycles. The zero-order chi connectivity index (χ0) is 13.9. The molecular weight excluding hydrogens is 316 g/mol. The van der Waals surface area contributed by atoms with Gasteiger partial charge < -0.3 is 10.2 Å². The lowest BCUT2D eigenvalue weighted by molar-refractivity contribution is 0.196. The zero-order valence-electron chi connectivity index (χ0n) is 11.5. The molecule has 0 radical (unpaired) electrons. The van der Waals surface area contributed by atoms with Crippen LogP contribution in [-0.4, -0.2) is 50.2 Å². The number of anilines is 1. The summed E-state index contributed by atoms with van der Waals surface area (Å²) in [6.45, 7) is 6.47. The normalized spacial score (nSPS) is 23.8. The summed E-state index contributed by atoms with van der Waals surface area (Å²) < 4.78 is 0.966. The van der Waals surface area contributed by atoms with Gasteiger partial charge in [-0.15, -0.1) is 0 Å². The highest BCUT2D eigenvalue weighted by Crippen LogP contribution is 2.25. The molecule has 1 unspecified atom stereocenters. The minimum Gasteiger partial charge on any atom is -0.368 e. The molecule has 0 aromatic heterocycles. The molecule has 2 aliphatic heterocycles. The van der Waals surface area contributed by atoms with E-state index < -0.39 is 0 Å². The van der Waals surface area contributed by atoms with Crippen molar-refractivity contribution < 1.29 is 0 Å². The van der Waals surface area contributed by atoms with Gasteiger partial charge in [0.2, 0.25) is 0 Å². The molecule has 2 fully saturated rings. The van der Waals surface area contributed by atoms with E-state index in [9.17, 15) is 5.26 Å². The number of hydrogen-bond acceptors (Lipinski definition) is 4. The van der Waals surface area contributed by atoms with Crippen LogP contribution in [0.4, 0.5) is 5.69 Å². The number of nitrogens with one attached hydrogen (secondary N) is 1. The Bertz CT molecular complexity index is 511. The van der Waals surface area contributed by atoms with Gasteiger partial charge in [0.05, 0.1) is 11.3 Å². The monoisotopic (exact) mass is 334 g/mol. The number of nitrogens with zero attached hydrogens (tertiary/aromatic N) is 3. The maximum atomic E-state index is 9.28. The van der Waals surface area contributed by atoms with Gasteiger partial charge in [-0.2, -0.15) is 5.26 Å². The number of halogens is 1. The summed E-state index contributed by atoms with van der Waals surface area (Å²) in [5, 5.41) is 12.7. The first-order valence-corrected chi connectivity index (χ1v) is 7.96. The summed E-state index contributed by atoms with van der Waals surface area (Å²) in [7, 11) is 0. The lowest BCUT2D eigenvalue weighted by atomic mass is 10.1. The van der Waals surface area contributed by atoms with Gasteiger partial charge in [-0.3, -0.25) is 4.90 Å². The van der Waals surface area contributed by atoms with Crippen molar-refractivity contribution in [2.24, 2.45) is 0 Å². The fourth-order valence-electron chi connectivity index (χ4n) is 3.15. The maximum absolute atomic E-state index is 9.28. The quantitative estimate of drug-likeness (QED) is 0.895. The minimum atomic E-state index is 0.706. The van der Waals surface area contributed by atoms with Crippen molar-refractivity contribution in [2.75, 3.05) is 44.2 Å². The van der Waals surface area contributed by atoms with E-state index in [1.807, 2.05) is 12.1 Å². The molecule has 1 atom stereocenters. The Morgan fingerprint density at radius 1 is 1.25 bits per heavy atom. The van der Waals surface area contributed by atoms with E-state index in [-0.39, 0.29) is 0 Å². The van der Waals surface area contributed by atoms with E-state index in [0.29, 0.717) is 6.04 Å². The molecule has 2 aliphatic rings. The van der Waals surface area contributed by atoms with Crippen LogP contribution in [-0.2, 0) is 0 Å². The van der Waals surface area contributed by atoms with Crippen molar-refractivity contribution in [3.63, 3.8) is 0 Å². The molecule has 106 valence electrons. The van der Waals surface area contributed by atoms with Crippen LogP contribution in [0.2, 0.25) is 0 Å². The summed E-state index contributed by atoms with van der Waals surface area (Å²) in [6, 6.07) is 8.98. The van der Waals surface area contributed by atoms with Gasteiger partial charge in [-0.05, 0) is 31.2 Å². The zero-order valence-corrected chi connectivity index (χ0v) is 13.1. The summed E-state index contributed by atoms with van der Waals surface area (Å²) in [6.07, 6.45) is 1.27. The molecule has 1 N–H and O–H groups in total. The molecule has 0 bridgehead atoms. The summed E-state index contributed by atoms with van der Waals surface area (Å²) in [5.41, 5.74) is 1.83. The van der Waals surface area contributed by atoms with E-state index in [4.69, 9.17) is 0 Å². The Morgan fingerprint density at radius 2 is 2.05 bits per heavy atom. The third-order valence-electron chi connectivity index (χ3n) is 4.28. The second kappa shape index (κ2) is 6.13. The SMILES string of the molecule is N#Cc1cc(Br)ccc1N1CCN(C2CCNC2)CC1. The van der Waals surface area contributed by atoms with Crippen molar-refractivity contribution in [1.29, 1.82) is 5.26 Å². The van der Waals surface area contributed by atoms with Crippen LogP contribution < -0.4 is 10.2 Å². The molecule has 1 aromatic rings. The standard InChI is InChI=1S/C15H19BrN4/c16-13-1-2-15(12(9-13)10-17)20-7-5-19(6-8-20)14-3-4-18-11-14/h1-2,9,14,18H,3-8,11H2. The molecule has 0 aliphatic carbocycles. The van der Waals surface area contributed by atoms with Gasteiger partial charge in [0.1, 0.15) is 6.07 Å². The Labute approximate surface area is 128 Å². The minimum absolute atomic E-state index is 0.706. The van der Waals surface area contributed by atoms with Gasteiger partial charge in [0.15, 0.2) is 0 Å². The number of piperazine rings is 1. The average Bonchev–Trinajstić information content (AvgIpc) is 3.01. The third-order valence-corrected chi connectivity index (χ3v) is 4.78. The highest BCUT2D eigenvalue weighted by molar-refractivity contribution is 9.10. The van der Waals surface area contributed by atoms with Crippen LogP contribution in [0.1, 0.15) is 12.0 Å². The highest BCUT2D eigenvalue weighted by atomic mass is 79.9. The fraction of sp³-hybridized carbons (Fsp3) is 0.533. The highest BCUT2D eigenvalue weighted by Gasteiger charge is 2.26. The number of hydrogen-bond donors (Lipinski definition) is 1. The Morgan fingerprint density at radius 3 is 2.70 bits per heavy atom. The largest absolute Gasteiger partial charge is 0.368 e. The first-order valence-electron chi connectivity index (χ1n) is 7.17. The molecule has 20 heavy (non-hydrogen) atoms. The topological polar surface area (TPSA) is 42.3 Å². The second-order valence-corrected chi connectivity index (χ2v) is 6.36. The van der Waals surface area contributed by atoms with Crippen LogP contribution in [0.3, 0.4) is 0 Å². The first-order chi connectivity index (χ1) is 9.78. The number of benzene rings is 1. The molecule has 4 nitrogen and oxygen atoms in total. The summed E-state index contributed by atoms with van der Waals surface area (Å²) in [5.74, 6) is 0. The number of rotatable bonds is 2.